The second-order valence-electron chi connectivity index (χ2n) is 5.72. The molecule has 1 amide bonds. The first-order valence-corrected chi connectivity index (χ1v) is 7.79. The van der Waals surface area contributed by atoms with Gasteiger partial charge in [0.2, 0.25) is 0 Å². The van der Waals surface area contributed by atoms with Crippen LogP contribution in [0.25, 0.3) is 11.0 Å². The summed E-state index contributed by atoms with van der Waals surface area (Å²) >= 11 is 5.98. The van der Waals surface area contributed by atoms with E-state index in [1.165, 1.54) is 7.11 Å². The number of esters is 1. The summed E-state index contributed by atoms with van der Waals surface area (Å²) in [5.74, 6) is -0.755. The van der Waals surface area contributed by atoms with Gasteiger partial charge < -0.3 is 14.5 Å². The first kappa shape index (κ1) is 17.3. The average Bonchev–Trinajstić information content (AvgIpc) is 2.83. The number of benzene rings is 1. The quantitative estimate of drug-likeness (QED) is 0.841. The fraction of sp³-hybridized carbons (Fsp3) is 0.412. The zero-order valence-corrected chi connectivity index (χ0v) is 14.4. The van der Waals surface area contributed by atoms with Crippen molar-refractivity contribution < 1.29 is 18.7 Å². The van der Waals surface area contributed by atoms with E-state index in [0.717, 1.165) is 11.8 Å². The summed E-state index contributed by atoms with van der Waals surface area (Å²) in [4.78, 5) is 24.6. The van der Waals surface area contributed by atoms with Crippen LogP contribution in [-0.4, -0.2) is 24.5 Å². The summed E-state index contributed by atoms with van der Waals surface area (Å²) < 4.78 is 10.4. The molecule has 0 saturated heterocycles. The molecular weight excluding hydrogens is 318 g/mol. The second kappa shape index (κ2) is 6.62. The van der Waals surface area contributed by atoms with Gasteiger partial charge in [-0.05, 0) is 38.5 Å². The molecule has 0 aliphatic heterocycles. The first-order chi connectivity index (χ1) is 10.8. The van der Waals surface area contributed by atoms with Crippen molar-refractivity contribution in [3.8, 4) is 0 Å². The maximum absolute atomic E-state index is 12.6. The fourth-order valence-electron chi connectivity index (χ4n) is 2.66. The molecule has 0 saturated carbocycles. The third kappa shape index (κ3) is 3.34. The Balaban J connectivity index is 2.36. The van der Waals surface area contributed by atoms with Crippen LogP contribution in [0.15, 0.2) is 22.6 Å². The molecule has 0 fully saturated rings. The average molecular weight is 338 g/mol. The van der Waals surface area contributed by atoms with Crippen LogP contribution in [-0.2, 0) is 9.53 Å². The van der Waals surface area contributed by atoms with Gasteiger partial charge in [-0.2, -0.15) is 0 Å². The number of aryl methyl sites for hydroxylation is 1. The number of ether oxygens (including phenoxy) is 1. The van der Waals surface area contributed by atoms with E-state index in [2.05, 4.69) is 5.32 Å². The number of rotatable bonds is 5. The van der Waals surface area contributed by atoms with Crippen LogP contribution >= 0.6 is 11.6 Å². The van der Waals surface area contributed by atoms with Crippen LogP contribution in [0.1, 0.15) is 42.8 Å². The summed E-state index contributed by atoms with van der Waals surface area (Å²) in [5, 5.41) is 4.08. The first-order valence-electron chi connectivity index (χ1n) is 7.42. The molecule has 0 aliphatic carbocycles. The topological polar surface area (TPSA) is 68.5 Å². The second-order valence-corrected chi connectivity index (χ2v) is 6.16. The highest BCUT2D eigenvalue weighted by Crippen LogP contribution is 2.28. The lowest BCUT2D eigenvalue weighted by molar-refractivity contribution is -0.147. The molecular formula is C17H20ClNO4. The number of hydrogen-bond acceptors (Lipinski definition) is 4. The number of furan rings is 1. The zero-order chi connectivity index (χ0) is 17.2. The highest BCUT2D eigenvalue weighted by Gasteiger charge is 2.36. The Hall–Kier alpha value is -2.01. The summed E-state index contributed by atoms with van der Waals surface area (Å²) in [6.07, 6.45) is 1.19. The molecule has 2 rings (SSSR count). The van der Waals surface area contributed by atoms with Gasteiger partial charge in [0.25, 0.3) is 5.91 Å². The van der Waals surface area contributed by atoms with E-state index < -0.39 is 17.4 Å². The van der Waals surface area contributed by atoms with Crippen molar-refractivity contribution in [3.63, 3.8) is 0 Å². The van der Waals surface area contributed by atoms with E-state index in [1.54, 1.807) is 32.0 Å². The summed E-state index contributed by atoms with van der Waals surface area (Å²) in [6, 6.07) is 5.16. The largest absolute Gasteiger partial charge is 0.467 e. The molecule has 124 valence electrons. The summed E-state index contributed by atoms with van der Waals surface area (Å²) in [7, 11) is 1.30. The zero-order valence-electron chi connectivity index (χ0n) is 13.7. The maximum Gasteiger partial charge on any atom is 0.331 e. The number of hydrogen-bond donors (Lipinski definition) is 1. The van der Waals surface area contributed by atoms with Crippen molar-refractivity contribution in [2.45, 2.75) is 39.2 Å². The number of fused-ring (bicyclic) bond motifs is 1. The highest BCUT2D eigenvalue weighted by atomic mass is 35.5. The van der Waals surface area contributed by atoms with Crippen molar-refractivity contribution in [2.24, 2.45) is 0 Å². The van der Waals surface area contributed by atoms with Gasteiger partial charge in [0.05, 0.1) is 7.11 Å². The standard InChI is InChI=1S/C17H20ClNO4/c1-5-8-17(3,16(21)22-4)19-15(20)14-10(2)12-9-11(18)6-7-13(12)23-14/h6-7,9H,5,8H2,1-4H3,(H,19,20). The predicted octanol–water partition coefficient (Wildman–Crippen LogP) is 3.86. The minimum absolute atomic E-state index is 0.175. The van der Waals surface area contributed by atoms with Gasteiger partial charge >= 0.3 is 5.97 Å². The van der Waals surface area contributed by atoms with Crippen LogP contribution in [0.3, 0.4) is 0 Å². The molecule has 6 heteroatoms. The minimum atomic E-state index is -1.09. The molecule has 5 nitrogen and oxygen atoms in total. The van der Waals surface area contributed by atoms with E-state index in [9.17, 15) is 9.59 Å². The Labute approximate surface area is 139 Å². The van der Waals surface area contributed by atoms with Crippen molar-refractivity contribution in [2.75, 3.05) is 7.11 Å². The molecule has 1 heterocycles. The molecule has 0 spiro atoms. The smallest absolute Gasteiger partial charge is 0.331 e. The molecule has 2 aromatic rings. The lowest BCUT2D eigenvalue weighted by Gasteiger charge is -2.27. The number of methoxy groups -OCH3 is 1. The monoisotopic (exact) mass is 337 g/mol. The lowest BCUT2D eigenvalue weighted by Crippen LogP contribution is -2.52. The van der Waals surface area contributed by atoms with E-state index in [4.69, 9.17) is 20.8 Å². The normalized spacial score (nSPS) is 13.6. The molecule has 1 unspecified atom stereocenters. The lowest BCUT2D eigenvalue weighted by atomic mass is 9.96. The van der Waals surface area contributed by atoms with Crippen LogP contribution < -0.4 is 5.32 Å². The van der Waals surface area contributed by atoms with Crippen LogP contribution in [0.2, 0.25) is 5.02 Å². The summed E-state index contributed by atoms with van der Waals surface area (Å²) in [5.41, 5.74) is 0.167. The van der Waals surface area contributed by atoms with Crippen LogP contribution in [0.5, 0.6) is 0 Å². The number of halogens is 1. The van der Waals surface area contributed by atoms with E-state index in [0.29, 0.717) is 22.6 Å². The van der Waals surface area contributed by atoms with Gasteiger partial charge in [-0.1, -0.05) is 24.9 Å². The molecule has 1 atom stereocenters. The number of carbonyl (C=O) groups is 2. The van der Waals surface area contributed by atoms with Gasteiger partial charge in [0, 0.05) is 16.0 Å². The predicted molar refractivity (Wildman–Crippen MR) is 88.8 cm³/mol. The molecule has 0 radical (unpaired) electrons. The van der Waals surface area contributed by atoms with Crippen molar-refractivity contribution >= 4 is 34.4 Å². The third-order valence-corrected chi connectivity index (χ3v) is 4.11. The van der Waals surface area contributed by atoms with Crippen molar-refractivity contribution in [1.29, 1.82) is 0 Å². The third-order valence-electron chi connectivity index (χ3n) is 3.88. The van der Waals surface area contributed by atoms with Gasteiger partial charge in [0.1, 0.15) is 11.1 Å². The van der Waals surface area contributed by atoms with Crippen LogP contribution in [0.4, 0.5) is 0 Å². The van der Waals surface area contributed by atoms with Crippen molar-refractivity contribution in [3.05, 3.63) is 34.5 Å². The number of amides is 1. The summed E-state index contributed by atoms with van der Waals surface area (Å²) in [6.45, 7) is 5.36. The maximum atomic E-state index is 12.6. The van der Waals surface area contributed by atoms with Crippen LogP contribution in [0, 0.1) is 6.92 Å². The minimum Gasteiger partial charge on any atom is -0.467 e. The molecule has 1 N–H and O–H groups in total. The molecule has 23 heavy (non-hydrogen) atoms. The Kier molecular flexibility index (Phi) is 5.00. The molecule has 0 aliphatic rings. The number of carbonyl (C=O) groups excluding carboxylic acids is 2. The number of nitrogens with one attached hydrogen (secondary N) is 1. The van der Waals surface area contributed by atoms with E-state index >= 15 is 0 Å². The SMILES string of the molecule is CCCC(C)(NC(=O)c1oc2ccc(Cl)cc2c1C)C(=O)OC. The van der Waals surface area contributed by atoms with Gasteiger partial charge in [-0.25, -0.2) is 4.79 Å². The Morgan fingerprint density at radius 2 is 2.09 bits per heavy atom. The van der Waals surface area contributed by atoms with E-state index in [-0.39, 0.29) is 5.76 Å². The van der Waals surface area contributed by atoms with Gasteiger partial charge in [-0.3, -0.25) is 4.79 Å². The van der Waals surface area contributed by atoms with Crippen molar-refractivity contribution in [1.82, 2.24) is 5.32 Å². The fourth-order valence-corrected chi connectivity index (χ4v) is 2.83. The molecule has 1 aromatic carbocycles. The Morgan fingerprint density at radius 3 is 2.70 bits per heavy atom. The van der Waals surface area contributed by atoms with E-state index in [1.807, 2.05) is 6.92 Å². The van der Waals surface area contributed by atoms with Gasteiger partial charge in [-0.15, -0.1) is 0 Å². The van der Waals surface area contributed by atoms with Gasteiger partial charge in [0.15, 0.2) is 5.76 Å². The molecule has 1 aromatic heterocycles. The highest BCUT2D eigenvalue weighted by molar-refractivity contribution is 6.31. The Morgan fingerprint density at radius 1 is 1.39 bits per heavy atom. The Bertz CT molecular complexity index is 752. The molecule has 0 bridgehead atoms.